The Kier molecular flexibility index (Phi) is 7.24. The lowest BCUT2D eigenvalue weighted by Crippen LogP contribution is -2.33. The lowest BCUT2D eigenvalue weighted by Gasteiger charge is -2.16. The molecule has 2 N–H and O–H groups in total. The Morgan fingerprint density at radius 1 is 0.914 bits per heavy atom. The number of anilines is 1. The summed E-state index contributed by atoms with van der Waals surface area (Å²) >= 11 is 12.3. The molecule has 1 heterocycles. The van der Waals surface area contributed by atoms with Crippen LogP contribution in [0.3, 0.4) is 0 Å². The van der Waals surface area contributed by atoms with Crippen LogP contribution in [0.5, 0.6) is 0 Å². The third kappa shape index (κ3) is 5.39. The molecule has 4 rings (SSSR count). The summed E-state index contributed by atoms with van der Waals surface area (Å²) in [6.07, 6.45) is 0. The number of hydrogen-bond donors (Lipinski definition) is 2. The Labute approximate surface area is 213 Å². The number of amides is 3. The molecule has 1 aliphatic heterocycles. The molecule has 3 aromatic rings. The molecule has 0 unspecified atom stereocenters. The predicted molar refractivity (Wildman–Crippen MR) is 137 cm³/mol. The first kappa shape index (κ1) is 24.5. The Balaban J connectivity index is 1.38. The van der Waals surface area contributed by atoms with Gasteiger partial charge in [0, 0.05) is 22.8 Å². The van der Waals surface area contributed by atoms with Crippen molar-refractivity contribution in [3.63, 3.8) is 0 Å². The first-order valence-electron chi connectivity index (χ1n) is 11.0. The number of nitrogens with one attached hydrogen (secondary N) is 2. The van der Waals surface area contributed by atoms with E-state index < -0.39 is 11.8 Å². The zero-order valence-corrected chi connectivity index (χ0v) is 20.7. The van der Waals surface area contributed by atoms with Crippen molar-refractivity contribution in [1.29, 1.82) is 0 Å². The van der Waals surface area contributed by atoms with Crippen LogP contribution in [0.4, 0.5) is 5.69 Å². The van der Waals surface area contributed by atoms with Crippen molar-refractivity contribution in [2.75, 3.05) is 5.32 Å². The fourth-order valence-corrected chi connectivity index (χ4v) is 4.20. The summed E-state index contributed by atoms with van der Waals surface area (Å²) in [5, 5.41) is 6.18. The second-order valence-corrected chi connectivity index (χ2v) is 9.08. The van der Waals surface area contributed by atoms with Crippen molar-refractivity contribution in [2.45, 2.75) is 26.9 Å². The highest BCUT2D eigenvalue weighted by molar-refractivity contribution is 6.47. The minimum absolute atomic E-state index is 0.0308. The highest BCUT2D eigenvalue weighted by Gasteiger charge is 2.37. The Hall–Kier alpha value is -3.61. The SMILES string of the molecule is Cc1ccc(NC(=O)c2ccc(CNC3=C(Cl)C(=O)N(Cc4ccccc4Cl)C3=O)cc2)c(C)c1. The fraction of sp³-hybridized carbons (Fsp3) is 0.148. The van der Waals surface area contributed by atoms with Crippen LogP contribution in [-0.4, -0.2) is 22.6 Å². The van der Waals surface area contributed by atoms with Crippen molar-refractivity contribution in [3.05, 3.63) is 110 Å². The van der Waals surface area contributed by atoms with Gasteiger partial charge in [0.05, 0.1) is 6.54 Å². The maximum atomic E-state index is 12.8. The number of aryl methyl sites for hydroxylation is 2. The smallest absolute Gasteiger partial charge is 0.278 e. The predicted octanol–water partition coefficient (Wildman–Crippen LogP) is 5.32. The molecule has 0 aliphatic carbocycles. The summed E-state index contributed by atoms with van der Waals surface area (Å²) in [4.78, 5) is 39.1. The van der Waals surface area contributed by atoms with E-state index in [9.17, 15) is 14.4 Å². The van der Waals surface area contributed by atoms with Gasteiger partial charge in [-0.3, -0.25) is 19.3 Å². The number of carbonyl (C=O) groups is 3. The molecule has 0 spiro atoms. The Bertz CT molecular complexity index is 1350. The van der Waals surface area contributed by atoms with Crippen LogP contribution in [0.2, 0.25) is 5.02 Å². The van der Waals surface area contributed by atoms with Crippen molar-refractivity contribution in [3.8, 4) is 0 Å². The molecule has 0 fully saturated rings. The van der Waals surface area contributed by atoms with Gasteiger partial charge in [0.1, 0.15) is 10.7 Å². The van der Waals surface area contributed by atoms with E-state index >= 15 is 0 Å². The van der Waals surface area contributed by atoms with Crippen molar-refractivity contribution < 1.29 is 14.4 Å². The first-order chi connectivity index (χ1) is 16.7. The zero-order valence-electron chi connectivity index (χ0n) is 19.2. The maximum Gasteiger partial charge on any atom is 0.278 e. The quantitative estimate of drug-likeness (QED) is 0.424. The van der Waals surface area contributed by atoms with E-state index in [-0.39, 0.29) is 29.7 Å². The van der Waals surface area contributed by atoms with Crippen LogP contribution < -0.4 is 10.6 Å². The molecular weight excluding hydrogens is 485 g/mol. The van der Waals surface area contributed by atoms with Crippen LogP contribution in [-0.2, 0) is 22.7 Å². The van der Waals surface area contributed by atoms with Gasteiger partial charge in [0.25, 0.3) is 17.7 Å². The summed E-state index contributed by atoms with van der Waals surface area (Å²) in [6.45, 7) is 4.23. The summed E-state index contributed by atoms with van der Waals surface area (Å²) in [5.74, 6) is -1.30. The van der Waals surface area contributed by atoms with Gasteiger partial charge in [-0.05, 0) is 54.8 Å². The third-order valence-corrected chi connectivity index (χ3v) is 6.43. The largest absolute Gasteiger partial charge is 0.375 e. The lowest BCUT2D eigenvalue weighted by atomic mass is 10.1. The summed E-state index contributed by atoms with van der Waals surface area (Å²) in [6, 6.07) is 19.8. The van der Waals surface area contributed by atoms with Gasteiger partial charge >= 0.3 is 0 Å². The molecule has 0 saturated heterocycles. The van der Waals surface area contributed by atoms with E-state index in [0.717, 1.165) is 27.3 Å². The normalized spacial score (nSPS) is 13.4. The summed E-state index contributed by atoms with van der Waals surface area (Å²) in [5.41, 5.74) is 4.89. The van der Waals surface area contributed by atoms with Crippen LogP contribution in [0, 0.1) is 13.8 Å². The van der Waals surface area contributed by atoms with Gasteiger partial charge in [0.15, 0.2) is 0 Å². The van der Waals surface area contributed by atoms with Gasteiger partial charge in [-0.2, -0.15) is 0 Å². The number of hydrogen-bond acceptors (Lipinski definition) is 4. The van der Waals surface area contributed by atoms with Gasteiger partial charge in [-0.25, -0.2) is 0 Å². The fourth-order valence-electron chi connectivity index (χ4n) is 3.75. The van der Waals surface area contributed by atoms with Crippen LogP contribution in [0.15, 0.2) is 77.5 Å². The number of imide groups is 1. The van der Waals surface area contributed by atoms with E-state index in [4.69, 9.17) is 23.2 Å². The highest BCUT2D eigenvalue weighted by atomic mass is 35.5. The van der Waals surface area contributed by atoms with Gasteiger partial charge in [0.2, 0.25) is 0 Å². The molecule has 3 amide bonds. The van der Waals surface area contributed by atoms with E-state index in [1.807, 2.05) is 32.0 Å². The summed E-state index contributed by atoms with van der Waals surface area (Å²) in [7, 11) is 0. The molecular formula is C27H23Cl2N3O3. The molecule has 0 saturated carbocycles. The molecule has 3 aromatic carbocycles. The van der Waals surface area contributed by atoms with E-state index in [1.54, 1.807) is 48.5 Å². The summed E-state index contributed by atoms with van der Waals surface area (Å²) < 4.78 is 0. The minimum Gasteiger partial charge on any atom is -0.375 e. The highest BCUT2D eigenvalue weighted by Crippen LogP contribution is 2.26. The topological polar surface area (TPSA) is 78.5 Å². The molecule has 178 valence electrons. The minimum atomic E-state index is -0.572. The second-order valence-electron chi connectivity index (χ2n) is 8.30. The molecule has 0 aromatic heterocycles. The molecule has 35 heavy (non-hydrogen) atoms. The van der Waals surface area contributed by atoms with Gasteiger partial charge in [-0.15, -0.1) is 0 Å². The Morgan fingerprint density at radius 3 is 2.31 bits per heavy atom. The average molecular weight is 508 g/mol. The molecule has 0 radical (unpaired) electrons. The van der Waals surface area contributed by atoms with Crippen LogP contribution in [0.25, 0.3) is 0 Å². The average Bonchev–Trinajstić information content (AvgIpc) is 3.04. The van der Waals surface area contributed by atoms with E-state index in [1.165, 1.54) is 0 Å². The van der Waals surface area contributed by atoms with Crippen LogP contribution in [0.1, 0.15) is 32.6 Å². The van der Waals surface area contributed by atoms with Crippen molar-refractivity contribution >= 4 is 46.6 Å². The maximum absolute atomic E-state index is 12.8. The number of halogens is 2. The number of carbonyl (C=O) groups excluding carboxylic acids is 3. The number of rotatable bonds is 7. The first-order valence-corrected chi connectivity index (χ1v) is 11.7. The molecule has 6 nitrogen and oxygen atoms in total. The van der Waals surface area contributed by atoms with Crippen molar-refractivity contribution in [1.82, 2.24) is 10.2 Å². The monoisotopic (exact) mass is 507 g/mol. The molecule has 0 atom stereocenters. The molecule has 1 aliphatic rings. The standard InChI is InChI=1S/C27H23Cl2N3O3/c1-16-7-12-22(17(2)13-16)31-25(33)19-10-8-18(9-11-19)14-30-24-23(29)26(34)32(27(24)35)15-20-5-3-4-6-21(20)28/h3-13,30H,14-15H2,1-2H3,(H,31,33). The molecule has 0 bridgehead atoms. The van der Waals surface area contributed by atoms with Gasteiger partial charge in [-0.1, -0.05) is 71.2 Å². The zero-order chi connectivity index (χ0) is 25.1. The van der Waals surface area contributed by atoms with E-state index in [2.05, 4.69) is 10.6 Å². The second kappa shape index (κ2) is 10.3. The van der Waals surface area contributed by atoms with Crippen molar-refractivity contribution in [2.24, 2.45) is 0 Å². The van der Waals surface area contributed by atoms with Gasteiger partial charge < -0.3 is 10.6 Å². The molecule has 8 heteroatoms. The van der Waals surface area contributed by atoms with Crippen LogP contribution >= 0.6 is 23.2 Å². The Morgan fingerprint density at radius 2 is 1.63 bits per heavy atom. The number of benzene rings is 3. The van der Waals surface area contributed by atoms with E-state index in [0.29, 0.717) is 16.1 Å². The third-order valence-electron chi connectivity index (χ3n) is 5.71. The number of nitrogens with zero attached hydrogens (tertiary/aromatic N) is 1. The lowest BCUT2D eigenvalue weighted by molar-refractivity contribution is -0.138.